The van der Waals surface area contributed by atoms with Crippen LogP contribution < -0.4 is 10.1 Å². The van der Waals surface area contributed by atoms with Gasteiger partial charge in [-0.3, -0.25) is 9.59 Å². The lowest BCUT2D eigenvalue weighted by Gasteiger charge is -2.18. The lowest BCUT2D eigenvalue weighted by atomic mass is 10.1. The van der Waals surface area contributed by atoms with Crippen LogP contribution in [0.5, 0.6) is 5.75 Å². The topological polar surface area (TPSA) is 64.6 Å². The highest BCUT2D eigenvalue weighted by atomic mass is 19.1. The smallest absolute Gasteiger partial charge is 0.307 e. The number of halogens is 1. The Hall–Kier alpha value is -3.67. The number of nitrogens with one attached hydrogen (secondary N) is 1. The van der Waals surface area contributed by atoms with Crippen molar-refractivity contribution in [1.29, 1.82) is 0 Å². The van der Waals surface area contributed by atoms with Gasteiger partial charge in [0.25, 0.3) is 5.91 Å². The van der Waals surface area contributed by atoms with Crippen molar-refractivity contribution in [1.82, 2.24) is 0 Å². The minimum atomic E-state index is -1.12. The molecule has 5 nitrogen and oxygen atoms in total. The van der Waals surface area contributed by atoms with Crippen LogP contribution in [0.3, 0.4) is 0 Å². The van der Waals surface area contributed by atoms with Gasteiger partial charge in [0, 0.05) is 17.7 Å². The maximum absolute atomic E-state index is 13.1. The molecule has 0 fully saturated rings. The van der Waals surface area contributed by atoms with Gasteiger partial charge in [0.15, 0.2) is 0 Å². The van der Waals surface area contributed by atoms with E-state index in [0.29, 0.717) is 23.4 Å². The van der Waals surface area contributed by atoms with Crippen molar-refractivity contribution in [2.45, 2.75) is 18.9 Å². The van der Waals surface area contributed by atoms with Crippen LogP contribution in [-0.2, 0) is 20.7 Å². The van der Waals surface area contributed by atoms with Gasteiger partial charge in [-0.15, -0.1) is 0 Å². The number of carbonyl (C=O) groups excluding carboxylic acids is 2. The predicted octanol–water partition coefficient (Wildman–Crippen LogP) is 4.69. The van der Waals surface area contributed by atoms with Gasteiger partial charge in [-0.25, -0.2) is 4.39 Å². The number of benzene rings is 3. The second-order valence-corrected chi connectivity index (χ2v) is 6.59. The zero-order valence-corrected chi connectivity index (χ0v) is 16.5. The minimum Gasteiger partial charge on any atom is -0.496 e. The SMILES string of the molecule is COc1ccccc1CCC(=O)O[C@@H](C(=O)Nc1ccc(F)cc1)c1ccccc1. The first-order valence-corrected chi connectivity index (χ1v) is 9.49. The van der Waals surface area contributed by atoms with Crippen molar-refractivity contribution in [3.05, 3.63) is 95.8 Å². The molecule has 1 amide bonds. The van der Waals surface area contributed by atoms with Crippen molar-refractivity contribution in [3.8, 4) is 5.75 Å². The third-order valence-corrected chi connectivity index (χ3v) is 4.49. The number of ether oxygens (including phenoxy) is 2. The van der Waals surface area contributed by atoms with Crippen LogP contribution in [0.2, 0.25) is 0 Å². The average molecular weight is 407 g/mol. The summed E-state index contributed by atoms with van der Waals surface area (Å²) in [5, 5.41) is 2.66. The quantitative estimate of drug-likeness (QED) is 0.550. The molecule has 3 rings (SSSR count). The van der Waals surface area contributed by atoms with E-state index in [0.717, 1.165) is 5.56 Å². The average Bonchev–Trinajstić information content (AvgIpc) is 2.78. The third-order valence-electron chi connectivity index (χ3n) is 4.49. The lowest BCUT2D eigenvalue weighted by Crippen LogP contribution is -2.26. The number of para-hydroxylation sites is 1. The molecule has 0 radical (unpaired) electrons. The summed E-state index contributed by atoms with van der Waals surface area (Å²) in [4.78, 5) is 25.3. The molecule has 0 bridgehead atoms. The molecule has 0 saturated carbocycles. The van der Waals surface area contributed by atoms with Gasteiger partial charge in [0.2, 0.25) is 6.10 Å². The Bertz CT molecular complexity index is 990. The van der Waals surface area contributed by atoms with Crippen molar-refractivity contribution >= 4 is 17.6 Å². The normalized spacial score (nSPS) is 11.4. The van der Waals surface area contributed by atoms with E-state index in [1.165, 1.54) is 24.3 Å². The molecule has 1 N–H and O–H groups in total. The molecule has 1 atom stereocenters. The first-order chi connectivity index (χ1) is 14.6. The molecule has 3 aromatic rings. The highest BCUT2D eigenvalue weighted by Gasteiger charge is 2.25. The lowest BCUT2D eigenvalue weighted by molar-refractivity contribution is -0.154. The Morgan fingerprint density at radius 3 is 2.30 bits per heavy atom. The summed E-state index contributed by atoms with van der Waals surface area (Å²) in [6.07, 6.45) is -0.612. The van der Waals surface area contributed by atoms with Gasteiger partial charge in [0.1, 0.15) is 11.6 Å². The number of carbonyl (C=O) groups is 2. The molecule has 0 unspecified atom stereocenters. The van der Waals surface area contributed by atoms with Gasteiger partial charge in [0.05, 0.1) is 7.11 Å². The Morgan fingerprint density at radius 1 is 0.933 bits per heavy atom. The number of rotatable bonds is 8. The summed E-state index contributed by atoms with van der Waals surface area (Å²) in [6, 6.07) is 21.5. The molecule has 0 aliphatic carbocycles. The number of amides is 1. The molecule has 0 heterocycles. The molecule has 6 heteroatoms. The van der Waals surface area contributed by atoms with Gasteiger partial charge in [-0.2, -0.15) is 0 Å². The summed E-state index contributed by atoms with van der Waals surface area (Å²) in [5.74, 6) is -0.739. The van der Waals surface area contributed by atoms with Crippen molar-refractivity contribution in [2.75, 3.05) is 12.4 Å². The standard InChI is InChI=1S/C24H22FNO4/c1-29-21-10-6-5-7-17(21)11-16-22(27)30-23(18-8-3-2-4-9-18)24(28)26-20-14-12-19(25)13-15-20/h2-10,12-15,23H,11,16H2,1H3,(H,26,28)/t23-/m1/s1. The number of aryl methyl sites for hydroxylation is 1. The third kappa shape index (κ3) is 5.67. The molecule has 0 aromatic heterocycles. The molecule has 0 aliphatic heterocycles. The zero-order chi connectivity index (χ0) is 21.3. The maximum Gasteiger partial charge on any atom is 0.307 e. The van der Waals surface area contributed by atoms with E-state index in [4.69, 9.17) is 9.47 Å². The molecule has 0 aliphatic rings. The van der Waals surface area contributed by atoms with Crippen molar-refractivity contribution in [3.63, 3.8) is 0 Å². The second kappa shape index (κ2) is 10.2. The zero-order valence-electron chi connectivity index (χ0n) is 16.5. The molecular formula is C24H22FNO4. The summed E-state index contributed by atoms with van der Waals surface area (Å²) < 4.78 is 23.9. The fraction of sp³-hybridized carbons (Fsp3) is 0.167. The van der Waals surface area contributed by atoms with Gasteiger partial charge >= 0.3 is 5.97 Å². The Labute approximate surface area is 174 Å². The van der Waals surface area contributed by atoms with Crippen LogP contribution in [0.1, 0.15) is 23.7 Å². The fourth-order valence-electron chi connectivity index (χ4n) is 2.98. The van der Waals surface area contributed by atoms with E-state index in [1.54, 1.807) is 31.4 Å². The Kier molecular flexibility index (Phi) is 7.16. The minimum absolute atomic E-state index is 0.0908. The van der Waals surface area contributed by atoms with E-state index in [1.807, 2.05) is 30.3 Å². The molecule has 0 spiro atoms. The summed E-state index contributed by atoms with van der Waals surface area (Å²) in [6.45, 7) is 0. The maximum atomic E-state index is 13.1. The van der Waals surface area contributed by atoms with Crippen LogP contribution in [-0.4, -0.2) is 19.0 Å². The Balaban J connectivity index is 1.70. The highest BCUT2D eigenvalue weighted by Crippen LogP contribution is 2.23. The van der Waals surface area contributed by atoms with E-state index < -0.39 is 23.8 Å². The number of hydrogen-bond acceptors (Lipinski definition) is 4. The van der Waals surface area contributed by atoms with E-state index in [9.17, 15) is 14.0 Å². The largest absolute Gasteiger partial charge is 0.496 e. The van der Waals surface area contributed by atoms with Crippen molar-refractivity contribution < 1.29 is 23.5 Å². The first kappa shape index (κ1) is 21.0. The monoisotopic (exact) mass is 407 g/mol. The van der Waals surface area contributed by atoms with Crippen LogP contribution in [0.4, 0.5) is 10.1 Å². The van der Waals surface area contributed by atoms with Gasteiger partial charge in [-0.05, 0) is 42.3 Å². The highest BCUT2D eigenvalue weighted by molar-refractivity contribution is 5.96. The molecule has 0 saturated heterocycles. The predicted molar refractivity (Wildman–Crippen MR) is 112 cm³/mol. The summed E-state index contributed by atoms with van der Waals surface area (Å²) in [7, 11) is 1.57. The molecular weight excluding hydrogens is 385 g/mol. The molecule has 154 valence electrons. The van der Waals surface area contributed by atoms with E-state index >= 15 is 0 Å². The van der Waals surface area contributed by atoms with Crippen LogP contribution >= 0.6 is 0 Å². The van der Waals surface area contributed by atoms with E-state index in [2.05, 4.69) is 5.32 Å². The van der Waals surface area contributed by atoms with Crippen LogP contribution in [0.25, 0.3) is 0 Å². The number of anilines is 1. The van der Waals surface area contributed by atoms with Gasteiger partial charge in [-0.1, -0.05) is 48.5 Å². The Morgan fingerprint density at radius 2 is 1.60 bits per heavy atom. The summed E-state index contributed by atoms with van der Waals surface area (Å²) >= 11 is 0. The van der Waals surface area contributed by atoms with Crippen LogP contribution in [0.15, 0.2) is 78.9 Å². The van der Waals surface area contributed by atoms with Gasteiger partial charge < -0.3 is 14.8 Å². The van der Waals surface area contributed by atoms with Crippen LogP contribution in [0, 0.1) is 5.82 Å². The van der Waals surface area contributed by atoms with Crippen molar-refractivity contribution in [2.24, 2.45) is 0 Å². The van der Waals surface area contributed by atoms with E-state index in [-0.39, 0.29) is 6.42 Å². The number of methoxy groups -OCH3 is 1. The number of esters is 1. The molecule has 3 aromatic carbocycles. The first-order valence-electron chi connectivity index (χ1n) is 9.49. The number of hydrogen-bond donors (Lipinski definition) is 1. The molecule has 30 heavy (non-hydrogen) atoms. The second-order valence-electron chi connectivity index (χ2n) is 6.59. The summed E-state index contributed by atoms with van der Waals surface area (Å²) in [5.41, 5.74) is 1.83. The fourth-order valence-corrected chi connectivity index (χ4v) is 2.98.